The molecule has 1 aromatic carbocycles. The minimum Gasteiger partial charge on any atom is -0.395 e. The van der Waals surface area contributed by atoms with Crippen LogP contribution in [0.2, 0.25) is 0 Å². The number of hydrogen-bond acceptors (Lipinski definition) is 4. The molecule has 2 rings (SSSR count). The third-order valence-corrected chi connectivity index (χ3v) is 3.36. The van der Waals surface area contributed by atoms with Crippen molar-refractivity contribution in [1.82, 2.24) is 9.88 Å². The fourth-order valence-corrected chi connectivity index (χ4v) is 2.27. The molecule has 0 spiro atoms. The predicted octanol–water partition coefficient (Wildman–Crippen LogP) is 1.71. The Hall–Kier alpha value is -1.82. The number of benzene rings is 1. The highest BCUT2D eigenvalue weighted by molar-refractivity contribution is 7.80. The van der Waals surface area contributed by atoms with Crippen LogP contribution in [0.15, 0.2) is 48.7 Å². The number of nitrogens with zero attached hydrogens (tertiary/aromatic N) is 2. The number of rotatable bonds is 7. The second kappa shape index (κ2) is 7.83. The summed E-state index contributed by atoms with van der Waals surface area (Å²) in [6.07, 6.45) is 1.71. The van der Waals surface area contributed by atoms with Gasteiger partial charge in [0, 0.05) is 25.8 Å². The number of thiocarbonyl (C=S) groups is 1. The van der Waals surface area contributed by atoms with Crippen molar-refractivity contribution in [3.63, 3.8) is 0 Å². The fraction of sp³-hybridized carbons (Fsp3) is 0.250. The molecule has 1 heterocycles. The van der Waals surface area contributed by atoms with Crippen LogP contribution in [0.1, 0.15) is 16.8 Å². The Morgan fingerprint density at radius 3 is 2.52 bits per heavy atom. The standard InChI is InChI=1S/C16H19N3OS/c17-16(21)15-10-14(6-7-18-15)12-19(8-9-20)11-13-4-2-1-3-5-13/h1-7,10,20H,8-9,11-12H2,(H2,17,21). The van der Waals surface area contributed by atoms with Crippen molar-refractivity contribution in [3.05, 3.63) is 65.5 Å². The van der Waals surface area contributed by atoms with Gasteiger partial charge in [0.05, 0.1) is 12.3 Å². The van der Waals surface area contributed by atoms with Gasteiger partial charge in [-0.3, -0.25) is 9.88 Å². The summed E-state index contributed by atoms with van der Waals surface area (Å²) in [6.45, 7) is 2.24. The average Bonchev–Trinajstić information content (AvgIpc) is 2.49. The minimum absolute atomic E-state index is 0.125. The predicted molar refractivity (Wildman–Crippen MR) is 87.8 cm³/mol. The summed E-state index contributed by atoms with van der Waals surface area (Å²) in [7, 11) is 0. The van der Waals surface area contributed by atoms with Gasteiger partial charge in [-0.1, -0.05) is 42.5 Å². The molecule has 21 heavy (non-hydrogen) atoms. The molecule has 0 bridgehead atoms. The van der Waals surface area contributed by atoms with Crippen LogP contribution in [0, 0.1) is 0 Å². The van der Waals surface area contributed by atoms with Gasteiger partial charge in [-0.2, -0.15) is 0 Å². The molecule has 0 atom stereocenters. The van der Waals surface area contributed by atoms with Gasteiger partial charge in [0.25, 0.3) is 0 Å². The van der Waals surface area contributed by atoms with Crippen molar-refractivity contribution in [3.8, 4) is 0 Å². The second-order valence-corrected chi connectivity index (χ2v) is 5.27. The van der Waals surface area contributed by atoms with Crippen LogP contribution in [0.3, 0.4) is 0 Å². The number of pyridine rings is 1. The van der Waals surface area contributed by atoms with Crippen molar-refractivity contribution in [1.29, 1.82) is 0 Å². The monoisotopic (exact) mass is 301 g/mol. The van der Waals surface area contributed by atoms with E-state index in [1.807, 2.05) is 30.3 Å². The third-order valence-electron chi connectivity index (χ3n) is 3.15. The SMILES string of the molecule is NC(=S)c1cc(CN(CCO)Cc2ccccc2)ccn1. The van der Waals surface area contributed by atoms with Gasteiger partial charge < -0.3 is 10.8 Å². The van der Waals surface area contributed by atoms with Crippen molar-refractivity contribution >= 4 is 17.2 Å². The lowest BCUT2D eigenvalue weighted by molar-refractivity contribution is 0.184. The van der Waals surface area contributed by atoms with Crippen LogP contribution >= 0.6 is 12.2 Å². The molecular weight excluding hydrogens is 282 g/mol. The molecule has 0 radical (unpaired) electrons. The maximum Gasteiger partial charge on any atom is 0.122 e. The van der Waals surface area contributed by atoms with E-state index in [0.29, 0.717) is 23.8 Å². The Morgan fingerprint density at radius 1 is 1.14 bits per heavy atom. The summed E-state index contributed by atoms with van der Waals surface area (Å²) < 4.78 is 0. The molecule has 5 heteroatoms. The molecule has 0 aliphatic heterocycles. The molecule has 0 saturated heterocycles. The van der Waals surface area contributed by atoms with Gasteiger partial charge in [0.15, 0.2) is 0 Å². The second-order valence-electron chi connectivity index (χ2n) is 4.83. The van der Waals surface area contributed by atoms with Crippen molar-refractivity contribution < 1.29 is 5.11 Å². The molecule has 0 unspecified atom stereocenters. The zero-order valence-corrected chi connectivity index (χ0v) is 12.6. The van der Waals surface area contributed by atoms with E-state index in [2.05, 4.69) is 22.0 Å². The first-order chi connectivity index (χ1) is 10.2. The zero-order valence-electron chi connectivity index (χ0n) is 11.8. The van der Waals surface area contributed by atoms with Gasteiger partial charge in [-0.15, -0.1) is 0 Å². The van der Waals surface area contributed by atoms with Gasteiger partial charge in [-0.05, 0) is 23.3 Å². The smallest absolute Gasteiger partial charge is 0.122 e. The number of nitrogens with two attached hydrogens (primary N) is 1. The lowest BCUT2D eigenvalue weighted by Crippen LogP contribution is -2.26. The highest BCUT2D eigenvalue weighted by atomic mass is 32.1. The van der Waals surface area contributed by atoms with E-state index in [0.717, 1.165) is 12.1 Å². The first kappa shape index (κ1) is 15.6. The summed E-state index contributed by atoms with van der Waals surface area (Å²) in [5, 5.41) is 9.24. The number of aliphatic hydroxyl groups is 1. The minimum atomic E-state index is 0.125. The van der Waals surface area contributed by atoms with E-state index in [1.165, 1.54) is 5.56 Å². The van der Waals surface area contributed by atoms with Crippen molar-refractivity contribution in [2.45, 2.75) is 13.1 Å². The third kappa shape index (κ3) is 4.90. The Labute approximate surface area is 130 Å². The van der Waals surface area contributed by atoms with E-state index in [-0.39, 0.29) is 6.61 Å². The van der Waals surface area contributed by atoms with Crippen molar-refractivity contribution in [2.75, 3.05) is 13.2 Å². The quantitative estimate of drug-likeness (QED) is 0.762. The molecule has 0 aliphatic rings. The van der Waals surface area contributed by atoms with E-state index in [1.54, 1.807) is 6.20 Å². The Morgan fingerprint density at radius 2 is 1.86 bits per heavy atom. The Kier molecular flexibility index (Phi) is 5.80. The van der Waals surface area contributed by atoms with Crippen LogP contribution < -0.4 is 5.73 Å². The van der Waals surface area contributed by atoms with Gasteiger partial charge >= 0.3 is 0 Å². The van der Waals surface area contributed by atoms with Crippen molar-refractivity contribution in [2.24, 2.45) is 5.73 Å². The largest absolute Gasteiger partial charge is 0.395 e. The summed E-state index contributed by atoms with van der Waals surface area (Å²) in [6, 6.07) is 14.0. The first-order valence-electron chi connectivity index (χ1n) is 6.81. The molecule has 1 aromatic heterocycles. The molecular formula is C16H19N3OS. The van der Waals surface area contributed by atoms with E-state index in [4.69, 9.17) is 18.0 Å². The summed E-state index contributed by atoms with van der Waals surface area (Å²) in [5.41, 5.74) is 8.54. The molecule has 2 aromatic rings. The van der Waals surface area contributed by atoms with Crippen LogP contribution in [0.25, 0.3) is 0 Å². The lowest BCUT2D eigenvalue weighted by Gasteiger charge is -2.21. The van der Waals surface area contributed by atoms with Gasteiger partial charge in [-0.25, -0.2) is 0 Å². The molecule has 3 N–H and O–H groups in total. The van der Waals surface area contributed by atoms with Crippen LogP contribution in [-0.2, 0) is 13.1 Å². The first-order valence-corrected chi connectivity index (χ1v) is 7.21. The molecule has 4 nitrogen and oxygen atoms in total. The Balaban J connectivity index is 2.09. The molecule has 0 saturated carbocycles. The van der Waals surface area contributed by atoms with Crippen LogP contribution in [0.4, 0.5) is 0 Å². The molecule has 0 amide bonds. The fourth-order valence-electron chi connectivity index (χ4n) is 2.16. The van der Waals surface area contributed by atoms with E-state index >= 15 is 0 Å². The Bertz CT molecular complexity index is 589. The van der Waals surface area contributed by atoms with Gasteiger partial charge in [0.1, 0.15) is 4.99 Å². The van der Waals surface area contributed by atoms with Crippen LogP contribution in [-0.4, -0.2) is 33.1 Å². The highest BCUT2D eigenvalue weighted by Crippen LogP contribution is 2.10. The van der Waals surface area contributed by atoms with Crippen LogP contribution in [0.5, 0.6) is 0 Å². The van der Waals surface area contributed by atoms with E-state index < -0.39 is 0 Å². The van der Waals surface area contributed by atoms with Gasteiger partial charge in [0.2, 0.25) is 0 Å². The maximum atomic E-state index is 9.24. The molecule has 110 valence electrons. The lowest BCUT2D eigenvalue weighted by atomic mass is 10.1. The average molecular weight is 301 g/mol. The highest BCUT2D eigenvalue weighted by Gasteiger charge is 2.08. The molecule has 0 aliphatic carbocycles. The maximum absolute atomic E-state index is 9.24. The number of hydrogen-bond donors (Lipinski definition) is 2. The molecule has 0 fully saturated rings. The number of aromatic nitrogens is 1. The summed E-state index contributed by atoms with van der Waals surface area (Å²) in [4.78, 5) is 6.62. The number of aliphatic hydroxyl groups excluding tert-OH is 1. The zero-order chi connectivity index (χ0) is 15.1. The topological polar surface area (TPSA) is 62.4 Å². The van der Waals surface area contributed by atoms with E-state index in [9.17, 15) is 5.11 Å². The summed E-state index contributed by atoms with van der Waals surface area (Å²) in [5.74, 6) is 0. The summed E-state index contributed by atoms with van der Waals surface area (Å²) >= 11 is 4.95. The normalized spacial score (nSPS) is 10.8.